The first kappa shape index (κ1) is 21.3. The summed E-state index contributed by atoms with van der Waals surface area (Å²) in [4.78, 5) is 25.0. The second-order valence-electron chi connectivity index (χ2n) is 6.17. The van der Waals surface area contributed by atoms with E-state index in [1.165, 1.54) is 23.9 Å². The molecule has 0 fully saturated rings. The maximum atomic E-state index is 12.0. The van der Waals surface area contributed by atoms with Crippen molar-refractivity contribution in [3.8, 4) is 5.75 Å². The summed E-state index contributed by atoms with van der Waals surface area (Å²) < 4.78 is 1.07. The van der Waals surface area contributed by atoms with E-state index in [1.807, 2.05) is 13.8 Å². The fourth-order valence-corrected chi connectivity index (χ4v) is 3.76. The number of phenolic OH excluding ortho intramolecular Hbond substituents is 1. The van der Waals surface area contributed by atoms with E-state index in [2.05, 4.69) is 38.7 Å². The number of halogens is 1. The molecular weight excluding hydrogens is 428 g/mol. The van der Waals surface area contributed by atoms with Crippen LogP contribution >= 0.6 is 27.7 Å². The topological polar surface area (TPSA) is 78.4 Å². The lowest BCUT2D eigenvalue weighted by atomic mass is 10.2. The largest absolute Gasteiger partial charge is 0.508 e. The molecule has 0 aliphatic rings. The van der Waals surface area contributed by atoms with Gasteiger partial charge >= 0.3 is 0 Å². The molecule has 0 saturated carbocycles. The Kier molecular flexibility index (Phi) is 8.19. The Hall–Kier alpha value is -1.99. The number of carbonyl (C=O) groups is 2. The Bertz CT molecular complexity index is 827. The van der Waals surface area contributed by atoms with Crippen LogP contribution in [0.25, 0.3) is 0 Å². The van der Waals surface area contributed by atoms with Crippen molar-refractivity contribution in [1.29, 1.82) is 0 Å². The highest BCUT2D eigenvalue weighted by molar-refractivity contribution is 9.10. The van der Waals surface area contributed by atoms with Gasteiger partial charge in [-0.2, -0.15) is 0 Å². The molecule has 0 bridgehead atoms. The van der Waals surface area contributed by atoms with E-state index < -0.39 is 0 Å². The molecule has 0 unspecified atom stereocenters. The standard InChI is InChI=1S/C20H23BrN2O3S/c1-13-10-18(14(2)9-17(13)21)27-12-19(25)22-7-4-8-23-20(26)15-5-3-6-16(24)11-15/h3,5-6,9-11,24H,4,7-8,12H2,1-2H3,(H,22,25)(H,23,26). The summed E-state index contributed by atoms with van der Waals surface area (Å²) >= 11 is 5.03. The van der Waals surface area contributed by atoms with Crippen LogP contribution in [0, 0.1) is 13.8 Å². The Morgan fingerprint density at radius 1 is 1.07 bits per heavy atom. The van der Waals surface area contributed by atoms with Crippen LogP contribution in [-0.4, -0.2) is 35.8 Å². The molecule has 0 aromatic heterocycles. The van der Waals surface area contributed by atoms with Gasteiger partial charge in [-0.05, 0) is 61.7 Å². The Labute approximate surface area is 172 Å². The molecular formula is C20H23BrN2O3S. The van der Waals surface area contributed by atoms with Gasteiger partial charge < -0.3 is 15.7 Å². The number of aromatic hydroxyl groups is 1. The number of nitrogens with one attached hydrogen (secondary N) is 2. The average Bonchev–Trinajstić information content (AvgIpc) is 2.63. The van der Waals surface area contributed by atoms with E-state index in [1.54, 1.807) is 12.1 Å². The number of phenols is 1. The molecule has 0 heterocycles. The fraction of sp³-hybridized carbons (Fsp3) is 0.300. The molecule has 3 N–H and O–H groups in total. The number of aryl methyl sites for hydroxylation is 2. The Morgan fingerprint density at radius 3 is 2.56 bits per heavy atom. The highest BCUT2D eigenvalue weighted by atomic mass is 79.9. The number of amides is 2. The van der Waals surface area contributed by atoms with Gasteiger partial charge in [-0.3, -0.25) is 9.59 Å². The van der Waals surface area contributed by atoms with Crippen LogP contribution < -0.4 is 10.6 Å². The summed E-state index contributed by atoms with van der Waals surface area (Å²) in [7, 11) is 0. The molecule has 0 spiro atoms. The Morgan fingerprint density at radius 2 is 1.81 bits per heavy atom. The molecule has 0 atom stereocenters. The Balaban J connectivity index is 1.65. The third kappa shape index (κ3) is 6.92. The zero-order valence-electron chi connectivity index (χ0n) is 15.3. The summed E-state index contributed by atoms with van der Waals surface area (Å²) in [6, 6.07) is 10.3. The van der Waals surface area contributed by atoms with E-state index in [0.717, 1.165) is 20.5 Å². The van der Waals surface area contributed by atoms with E-state index in [4.69, 9.17) is 0 Å². The van der Waals surface area contributed by atoms with E-state index in [-0.39, 0.29) is 17.6 Å². The smallest absolute Gasteiger partial charge is 0.251 e. The molecule has 0 saturated heterocycles. The van der Waals surface area contributed by atoms with E-state index in [9.17, 15) is 14.7 Å². The van der Waals surface area contributed by atoms with Gasteiger partial charge in [-0.1, -0.05) is 22.0 Å². The predicted octanol–water partition coefficient (Wildman–Crippen LogP) is 3.80. The zero-order valence-corrected chi connectivity index (χ0v) is 17.7. The third-order valence-electron chi connectivity index (χ3n) is 3.88. The van der Waals surface area contributed by atoms with Crippen LogP contribution in [-0.2, 0) is 4.79 Å². The normalized spacial score (nSPS) is 10.5. The summed E-state index contributed by atoms with van der Waals surface area (Å²) in [5, 5.41) is 15.0. The van der Waals surface area contributed by atoms with Crippen molar-refractivity contribution in [3.05, 3.63) is 57.6 Å². The minimum atomic E-state index is -0.242. The number of thioether (sulfide) groups is 1. The first-order valence-corrected chi connectivity index (χ1v) is 10.4. The van der Waals surface area contributed by atoms with Crippen LogP contribution in [0.15, 0.2) is 45.8 Å². The van der Waals surface area contributed by atoms with Gasteiger partial charge in [0, 0.05) is 28.0 Å². The fourth-order valence-electron chi connectivity index (χ4n) is 2.37. The van der Waals surface area contributed by atoms with Crippen LogP contribution in [0.5, 0.6) is 5.75 Å². The van der Waals surface area contributed by atoms with Crippen LogP contribution in [0.1, 0.15) is 27.9 Å². The molecule has 2 amide bonds. The number of hydrogen-bond donors (Lipinski definition) is 3. The van der Waals surface area contributed by atoms with Gasteiger partial charge in [0.15, 0.2) is 0 Å². The molecule has 0 aliphatic carbocycles. The first-order chi connectivity index (χ1) is 12.9. The molecule has 7 heteroatoms. The van der Waals surface area contributed by atoms with E-state index >= 15 is 0 Å². The minimum absolute atomic E-state index is 0.0284. The van der Waals surface area contributed by atoms with Crippen LogP contribution in [0.3, 0.4) is 0 Å². The van der Waals surface area contributed by atoms with Crippen molar-refractivity contribution >= 4 is 39.5 Å². The van der Waals surface area contributed by atoms with Crippen molar-refractivity contribution in [2.24, 2.45) is 0 Å². The predicted molar refractivity (Wildman–Crippen MR) is 112 cm³/mol. The highest BCUT2D eigenvalue weighted by Crippen LogP contribution is 2.28. The average molecular weight is 451 g/mol. The molecule has 0 aliphatic heterocycles. The highest BCUT2D eigenvalue weighted by Gasteiger charge is 2.08. The lowest BCUT2D eigenvalue weighted by Gasteiger charge is -2.09. The second kappa shape index (κ2) is 10.4. The molecule has 27 heavy (non-hydrogen) atoms. The number of rotatable bonds is 8. The van der Waals surface area contributed by atoms with Gasteiger partial charge in [0.2, 0.25) is 5.91 Å². The van der Waals surface area contributed by atoms with Gasteiger partial charge in [0.1, 0.15) is 5.75 Å². The van der Waals surface area contributed by atoms with Crippen molar-refractivity contribution in [2.45, 2.75) is 25.2 Å². The molecule has 2 rings (SSSR count). The lowest BCUT2D eigenvalue weighted by molar-refractivity contribution is -0.118. The van der Waals surface area contributed by atoms with Crippen LogP contribution in [0.2, 0.25) is 0 Å². The van der Waals surface area contributed by atoms with Crippen molar-refractivity contribution < 1.29 is 14.7 Å². The van der Waals surface area contributed by atoms with Crippen molar-refractivity contribution in [3.63, 3.8) is 0 Å². The van der Waals surface area contributed by atoms with Crippen molar-refractivity contribution in [1.82, 2.24) is 10.6 Å². The maximum Gasteiger partial charge on any atom is 0.251 e. The van der Waals surface area contributed by atoms with Gasteiger partial charge in [-0.25, -0.2) is 0 Å². The van der Waals surface area contributed by atoms with Gasteiger partial charge in [-0.15, -0.1) is 11.8 Å². The first-order valence-electron chi connectivity index (χ1n) is 8.60. The quantitative estimate of drug-likeness (QED) is 0.422. The molecule has 144 valence electrons. The maximum absolute atomic E-state index is 12.0. The summed E-state index contributed by atoms with van der Waals surface area (Å²) in [6.07, 6.45) is 0.636. The molecule has 5 nitrogen and oxygen atoms in total. The van der Waals surface area contributed by atoms with Gasteiger partial charge in [0.05, 0.1) is 5.75 Å². The second-order valence-corrected chi connectivity index (χ2v) is 8.04. The summed E-state index contributed by atoms with van der Waals surface area (Å²) in [5.41, 5.74) is 2.70. The van der Waals surface area contributed by atoms with E-state index in [0.29, 0.717) is 30.8 Å². The summed E-state index contributed by atoms with van der Waals surface area (Å²) in [5.74, 6) is 0.147. The number of benzene rings is 2. The zero-order chi connectivity index (χ0) is 19.8. The molecule has 0 radical (unpaired) electrons. The van der Waals surface area contributed by atoms with Crippen molar-refractivity contribution in [2.75, 3.05) is 18.8 Å². The molecule has 2 aromatic carbocycles. The van der Waals surface area contributed by atoms with Gasteiger partial charge in [0.25, 0.3) is 5.91 Å². The number of carbonyl (C=O) groups excluding carboxylic acids is 2. The third-order valence-corrected chi connectivity index (χ3v) is 5.90. The SMILES string of the molecule is Cc1cc(SCC(=O)NCCCNC(=O)c2cccc(O)c2)c(C)cc1Br. The van der Waals surface area contributed by atoms with Crippen LogP contribution in [0.4, 0.5) is 0 Å². The monoisotopic (exact) mass is 450 g/mol. The lowest BCUT2D eigenvalue weighted by Crippen LogP contribution is -2.30. The number of hydrogen-bond acceptors (Lipinski definition) is 4. The molecule has 2 aromatic rings. The minimum Gasteiger partial charge on any atom is -0.508 e. The summed E-state index contributed by atoms with van der Waals surface area (Å²) in [6.45, 7) is 5.00.